The highest BCUT2D eigenvalue weighted by molar-refractivity contribution is 8.00. The van der Waals surface area contributed by atoms with Gasteiger partial charge in [-0.15, -0.1) is 23.5 Å². The minimum Gasteiger partial charge on any atom is -0.192 e. The summed E-state index contributed by atoms with van der Waals surface area (Å²) in [6.45, 7) is 4.30. The number of unbranched alkanes of at least 4 members (excludes halogenated alkanes) is 1. The number of hydrogen-bond acceptors (Lipinski definition) is 3. The van der Waals surface area contributed by atoms with Crippen LogP contribution >= 0.6 is 23.5 Å². The van der Waals surface area contributed by atoms with E-state index >= 15 is 0 Å². The van der Waals surface area contributed by atoms with Gasteiger partial charge in [0.15, 0.2) is 0 Å². The number of hydrogen-bond donors (Lipinski definition) is 0. The largest absolute Gasteiger partial charge is 0.192 e. The van der Waals surface area contributed by atoms with E-state index in [9.17, 15) is 5.26 Å². The van der Waals surface area contributed by atoms with Crippen LogP contribution in [0.5, 0.6) is 0 Å². The fourth-order valence-electron chi connectivity index (χ4n) is 1.34. The van der Waals surface area contributed by atoms with E-state index in [1.54, 1.807) is 23.5 Å². The van der Waals surface area contributed by atoms with Crippen molar-refractivity contribution >= 4 is 23.5 Å². The number of benzene rings is 1. The molecule has 0 spiro atoms. The molecular weight excluding hydrogens is 234 g/mol. The molecule has 86 valence electrons. The molecule has 0 amide bonds. The molecule has 0 N–H and O–H groups in total. The van der Waals surface area contributed by atoms with Gasteiger partial charge in [-0.05, 0) is 30.1 Å². The molecule has 0 aliphatic rings. The van der Waals surface area contributed by atoms with Crippen molar-refractivity contribution in [3.05, 3.63) is 23.8 Å². The van der Waals surface area contributed by atoms with Crippen molar-refractivity contribution in [3.63, 3.8) is 0 Å². The standard InChI is InChI=1S/C13H17NS2/c1-3-5-9-16-13-8-6-7-12(15-4-2)11(13)10-14/h6-8H,3-5,9H2,1-2H3. The molecule has 0 unspecified atom stereocenters. The summed E-state index contributed by atoms with van der Waals surface area (Å²) in [4.78, 5) is 2.25. The van der Waals surface area contributed by atoms with Gasteiger partial charge < -0.3 is 0 Å². The summed E-state index contributed by atoms with van der Waals surface area (Å²) in [6, 6.07) is 8.48. The Bertz CT molecular complexity index is 369. The van der Waals surface area contributed by atoms with Gasteiger partial charge in [-0.2, -0.15) is 5.26 Å². The average molecular weight is 251 g/mol. The van der Waals surface area contributed by atoms with Crippen LogP contribution in [-0.2, 0) is 0 Å². The quantitative estimate of drug-likeness (QED) is 0.547. The second-order valence-electron chi connectivity index (χ2n) is 3.38. The minimum absolute atomic E-state index is 0.857. The summed E-state index contributed by atoms with van der Waals surface area (Å²) < 4.78 is 0. The SMILES string of the molecule is CCCCSc1cccc(SCC)c1C#N. The molecule has 0 heterocycles. The molecule has 1 rings (SSSR count). The zero-order valence-corrected chi connectivity index (χ0v) is 11.5. The molecule has 3 heteroatoms. The van der Waals surface area contributed by atoms with Crippen molar-refractivity contribution in [1.29, 1.82) is 5.26 Å². The van der Waals surface area contributed by atoms with E-state index in [0.717, 1.165) is 26.9 Å². The lowest BCUT2D eigenvalue weighted by Crippen LogP contribution is -1.87. The zero-order chi connectivity index (χ0) is 11.8. The van der Waals surface area contributed by atoms with E-state index in [0.29, 0.717) is 0 Å². The van der Waals surface area contributed by atoms with Crippen LogP contribution in [0.2, 0.25) is 0 Å². The van der Waals surface area contributed by atoms with E-state index in [-0.39, 0.29) is 0 Å². The van der Waals surface area contributed by atoms with Gasteiger partial charge in [0, 0.05) is 9.79 Å². The maximum absolute atomic E-state index is 9.21. The molecule has 0 bridgehead atoms. The van der Waals surface area contributed by atoms with Gasteiger partial charge in [0.25, 0.3) is 0 Å². The number of nitriles is 1. The van der Waals surface area contributed by atoms with Crippen molar-refractivity contribution in [2.75, 3.05) is 11.5 Å². The predicted octanol–water partition coefficient (Wildman–Crippen LogP) is 4.56. The van der Waals surface area contributed by atoms with Crippen LogP contribution < -0.4 is 0 Å². The number of rotatable bonds is 6. The highest BCUT2D eigenvalue weighted by Gasteiger charge is 2.07. The predicted molar refractivity (Wildman–Crippen MR) is 73.2 cm³/mol. The van der Waals surface area contributed by atoms with Crippen LogP contribution in [-0.4, -0.2) is 11.5 Å². The third kappa shape index (κ3) is 3.77. The Hall–Kier alpha value is -0.590. The van der Waals surface area contributed by atoms with Gasteiger partial charge in [-0.25, -0.2) is 0 Å². The summed E-state index contributed by atoms with van der Waals surface area (Å²) in [5.41, 5.74) is 0.857. The first-order valence-corrected chi connectivity index (χ1v) is 7.59. The van der Waals surface area contributed by atoms with Crippen LogP contribution in [0.4, 0.5) is 0 Å². The summed E-state index contributed by atoms with van der Waals surface area (Å²) in [5, 5.41) is 9.21. The minimum atomic E-state index is 0.857. The topological polar surface area (TPSA) is 23.8 Å². The summed E-state index contributed by atoms with van der Waals surface area (Å²) in [7, 11) is 0. The monoisotopic (exact) mass is 251 g/mol. The molecule has 0 aromatic heterocycles. The summed E-state index contributed by atoms with van der Waals surface area (Å²) in [5.74, 6) is 2.11. The van der Waals surface area contributed by atoms with Crippen molar-refractivity contribution in [2.24, 2.45) is 0 Å². The van der Waals surface area contributed by atoms with E-state index in [2.05, 4.69) is 26.0 Å². The normalized spacial score (nSPS) is 10.1. The van der Waals surface area contributed by atoms with Crippen molar-refractivity contribution < 1.29 is 0 Å². The summed E-state index contributed by atoms with van der Waals surface area (Å²) in [6.07, 6.45) is 2.42. The molecule has 1 nitrogen and oxygen atoms in total. The first kappa shape index (κ1) is 13.5. The van der Waals surface area contributed by atoms with Gasteiger partial charge in [0.1, 0.15) is 6.07 Å². The smallest absolute Gasteiger partial charge is 0.101 e. The van der Waals surface area contributed by atoms with Gasteiger partial charge >= 0.3 is 0 Å². The molecule has 0 fully saturated rings. The zero-order valence-electron chi connectivity index (χ0n) is 9.82. The van der Waals surface area contributed by atoms with Gasteiger partial charge in [0.05, 0.1) is 5.56 Å². The Balaban J connectivity index is 2.83. The molecule has 0 saturated carbocycles. The van der Waals surface area contributed by atoms with Crippen LogP contribution in [0.3, 0.4) is 0 Å². The molecule has 1 aromatic carbocycles. The van der Waals surface area contributed by atoms with Gasteiger partial charge in [0.2, 0.25) is 0 Å². The molecule has 16 heavy (non-hydrogen) atoms. The maximum atomic E-state index is 9.21. The fourth-order valence-corrected chi connectivity index (χ4v) is 3.32. The second-order valence-corrected chi connectivity index (χ2v) is 5.82. The van der Waals surface area contributed by atoms with E-state index < -0.39 is 0 Å². The van der Waals surface area contributed by atoms with Crippen molar-refractivity contribution in [1.82, 2.24) is 0 Å². The molecule has 0 radical (unpaired) electrons. The van der Waals surface area contributed by atoms with Gasteiger partial charge in [-0.1, -0.05) is 26.3 Å². The third-order valence-corrected chi connectivity index (χ3v) is 4.24. The Morgan fingerprint density at radius 3 is 2.44 bits per heavy atom. The Morgan fingerprint density at radius 1 is 1.19 bits per heavy atom. The van der Waals surface area contributed by atoms with Crippen LogP contribution in [0.1, 0.15) is 32.3 Å². The molecule has 0 aliphatic carbocycles. The molecule has 0 atom stereocenters. The molecular formula is C13H17NS2. The fraction of sp³-hybridized carbons (Fsp3) is 0.462. The lowest BCUT2D eigenvalue weighted by molar-refractivity contribution is 0.896. The van der Waals surface area contributed by atoms with Crippen LogP contribution in [0.25, 0.3) is 0 Å². The molecule has 0 saturated heterocycles. The van der Waals surface area contributed by atoms with Crippen molar-refractivity contribution in [2.45, 2.75) is 36.5 Å². The lowest BCUT2D eigenvalue weighted by Gasteiger charge is -2.07. The lowest BCUT2D eigenvalue weighted by atomic mass is 10.2. The van der Waals surface area contributed by atoms with Crippen LogP contribution in [0, 0.1) is 11.3 Å². The van der Waals surface area contributed by atoms with Crippen LogP contribution in [0.15, 0.2) is 28.0 Å². The maximum Gasteiger partial charge on any atom is 0.101 e. The van der Waals surface area contributed by atoms with E-state index in [4.69, 9.17) is 0 Å². The Labute approximate surface area is 107 Å². The first-order chi connectivity index (χ1) is 7.83. The number of thioether (sulfide) groups is 2. The van der Waals surface area contributed by atoms with E-state index in [1.807, 2.05) is 12.1 Å². The first-order valence-electron chi connectivity index (χ1n) is 5.62. The highest BCUT2D eigenvalue weighted by atomic mass is 32.2. The highest BCUT2D eigenvalue weighted by Crippen LogP contribution is 2.31. The summed E-state index contributed by atoms with van der Waals surface area (Å²) >= 11 is 3.54. The Kier molecular flexibility index (Phi) is 6.44. The van der Waals surface area contributed by atoms with Gasteiger partial charge in [-0.3, -0.25) is 0 Å². The Morgan fingerprint density at radius 2 is 1.88 bits per heavy atom. The average Bonchev–Trinajstić information content (AvgIpc) is 2.30. The third-order valence-electron chi connectivity index (χ3n) is 2.16. The second kappa shape index (κ2) is 7.65. The molecule has 1 aromatic rings. The van der Waals surface area contributed by atoms with Crippen molar-refractivity contribution in [3.8, 4) is 6.07 Å². The number of nitrogens with zero attached hydrogens (tertiary/aromatic N) is 1. The van der Waals surface area contributed by atoms with E-state index in [1.165, 1.54) is 12.8 Å². The molecule has 0 aliphatic heterocycles.